The zero-order valence-corrected chi connectivity index (χ0v) is 9.23. The van der Waals surface area contributed by atoms with Crippen LogP contribution >= 0.6 is 0 Å². The molecule has 84 valence electrons. The number of nitrogens with zero attached hydrogens (tertiary/aromatic N) is 1. The summed E-state index contributed by atoms with van der Waals surface area (Å²) in [6.07, 6.45) is 1.49. The summed E-state index contributed by atoms with van der Waals surface area (Å²) in [5.74, 6) is 4.82. The van der Waals surface area contributed by atoms with Crippen LogP contribution in [0.25, 0.3) is 0 Å². The van der Waals surface area contributed by atoms with Crippen LogP contribution in [0, 0.1) is 23.2 Å². The van der Waals surface area contributed by atoms with Crippen LogP contribution in [0.3, 0.4) is 0 Å². The Morgan fingerprint density at radius 2 is 2.12 bits per heavy atom. The topological polar surface area (TPSA) is 61.1 Å². The number of hydrogen-bond acceptors (Lipinski definition) is 2. The highest BCUT2D eigenvalue weighted by Crippen LogP contribution is 2.49. The van der Waals surface area contributed by atoms with Crippen LogP contribution in [0.2, 0.25) is 0 Å². The van der Waals surface area contributed by atoms with Crippen molar-refractivity contribution in [1.82, 2.24) is 0 Å². The van der Waals surface area contributed by atoms with Gasteiger partial charge in [0, 0.05) is 5.56 Å². The first kappa shape index (κ1) is 11.2. The average Bonchev–Trinajstić information content (AvgIpc) is 3.11. The molecule has 1 fully saturated rings. The van der Waals surface area contributed by atoms with Gasteiger partial charge in [0.25, 0.3) is 0 Å². The summed E-state index contributed by atoms with van der Waals surface area (Å²) >= 11 is 0. The normalized spacial score (nSPS) is 15.2. The second kappa shape index (κ2) is 4.31. The maximum Gasteiger partial charge on any atom is 0.314 e. The van der Waals surface area contributed by atoms with Crippen LogP contribution in [0.15, 0.2) is 24.3 Å². The monoisotopic (exact) mass is 225 g/mol. The van der Waals surface area contributed by atoms with Gasteiger partial charge in [-0.25, -0.2) is 0 Å². The van der Waals surface area contributed by atoms with Crippen molar-refractivity contribution in [3.63, 3.8) is 0 Å². The lowest BCUT2D eigenvalue weighted by Crippen LogP contribution is -2.20. The van der Waals surface area contributed by atoms with E-state index in [-0.39, 0.29) is 6.42 Å². The van der Waals surface area contributed by atoms with Gasteiger partial charge in [-0.1, -0.05) is 30.0 Å². The van der Waals surface area contributed by atoms with Crippen LogP contribution in [-0.2, 0) is 10.2 Å². The minimum absolute atomic E-state index is 0.161. The highest BCUT2D eigenvalue weighted by atomic mass is 16.4. The van der Waals surface area contributed by atoms with E-state index in [9.17, 15) is 9.90 Å². The minimum atomic E-state index is -0.785. The Hall–Kier alpha value is -2.26. The zero-order chi connectivity index (χ0) is 12.3. The van der Waals surface area contributed by atoms with Crippen molar-refractivity contribution < 1.29 is 9.90 Å². The van der Waals surface area contributed by atoms with Gasteiger partial charge in [-0.05, 0) is 24.5 Å². The zero-order valence-electron chi connectivity index (χ0n) is 9.23. The van der Waals surface area contributed by atoms with Crippen molar-refractivity contribution >= 4 is 5.97 Å². The van der Waals surface area contributed by atoms with Crippen molar-refractivity contribution in [2.45, 2.75) is 24.7 Å². The van der Waals surface area contributed by atoms with E-state index in [0.29, 0.717) is 12.8 Å². The Balaban J connectivity index is 2.40. The lowest BCUT2D eigenvalue weighted by atomic mass is 9.91. The fraction of sp³-hybridized carbons (Fsp3) is 0.286. The first-order valence-corrected chi connectivity index (χ1v) is 5.39. The number of benzene rings is 1. The third-order valence-electron chi connectivity index (χ3n) is 2.99. The van der Waals surface area contributed by atoms with E-state index in [1.54, 1.807) is 0 Å². The molecule has 2 rings (SSSR count). The van der Waals surface area contributed by atoms with Crippen molar-refractivity contribution in [2.75, 3.05) is 0 Å². The summed E-state index contributed by atoms with van der Waals surface area (Å²) in [5.41, 5.74) is 0.762. The van der Waals surface area contributed by atoms with Gasteiger partial charge in [-0.15, -0.1) is 0 Å². The molecular formula is C14H11NO2. The van der Waals surface area contributed by atoms with Crippen molar-refractivity contribution in [1.29, 1.82) is 5.26 Å². The van der Waals surface area contributed by atoms with E-state index in [0.717, 1.165) is 11.1 Å². The van der Waals surface area contributed by atoms with Gasteiger partial charge in [0.05, 0.1) is 17.9 Å². The van der Waals surface area contributed by atoms with E-state index in [4.69, 9.17) is 5.26 Å². The van der Waals surface area contributed by atoms with E-state index in [2.05, 4.69) is 11.8 Å². The first-order chi connectivity index (χ1) is 8.20. The molecular weight excluding hydrogens is 214 g/mol. The Kier molecular flexibility index (Phi) is 2.85. The Bertz CT molecular complexity index is 554. The molecule has 1 saturated carbocycles. The number of carbonyl (C=O) groups is 1. The molecule has 3 nitrogen and oxygen atoms in total. The Morgan fingerprint density at radius 1 is 1.41 bits per heavy atom. The molecule has 1 aliphatic rings. The summed E-state index contributed by atoms with van der Waals surface area (Å²) < 4.78 is 0. The number of nitriles is 1. The molecule has 0 atom stereocenters. The Labute approximate surface area is 99.7 Å². The second-order valence-electron chi connectivity index (χ2n) is 4.07. The summed E-state index contributed by atoms with van der Waals surface area (Å²) in [6.45, 7) is 0. The quantitative estimate of drug-likeness (QED) is 0.784. The Morgan fingerprint density at radius 3 is 2.71 bits per heavy atom. The smallest absolute Gasteiger partial charge is 0.314 e. The number of hydrogen-bond donors (Lipinski definition) is 1. The SMILES string of the molecule is N#CCC#Cc1ccccc1C1(C(=O)O)CC1. The molecule has 0 radical (unpaired) electrons. The van der Waals surface area contributed by atoms with Gasteiger partial charge in [-0.2, -0.15) is 5.26 Å². The molecule has 1 aromatic rings. The number of rotatable bonds is 2. The van der Waals surface area contributed by atoms with E-state index in [1.807, 2.05) is 30.3 Å². The summed E-state index contributed by atoms with van der Waals surface area (Å²) in [4.78, 5) is 11.3. The van der Waals surface area contributed by atoms with Crippen LogP contribution in [0.5, 0.6) is 0 Å². The molecule has 0 unspecified atom stereocenters. The van der Waals surface area contributed by atoms with Gasteiger partial charge < -0.3 is 5.11 Å². The predicted octanol–water partition coefficient (Wildman–Crippen LogP) is 2.07. The molecule has 0 bridgehead atoms. The van der Waals surface area contributed by atoms with Gasteiger partial charge >= 0.3 is 5.97 Å². The molecule has 1 N–H and O–H groups in total. The fourth-order valence-electron chi connectivity index (χ4n) is 1.91. The van der Waals surface area contributed by atoms with E-state index >= 15 is 0 Å². The molecule has 3 heteroatoms. The largest absolute Gasteiger partial charge is 0.481 e. The molecule has 17 heavy (non-hydrogen) atoms. The summed E-state index contributed by atoms with van der Waals surface area (Å²) in [6, 6.07) is 9.23. The van der Waals surface area contributed by atoms with Crippen LogP contribution < -0.4 is 0 Å². The van der Waals surface area contributed by atoms with Crippen molar-refractivity contribution in [3.8, 4) is 17.9 Å². The first-order valence-electron chi connectivity index (χ1n) is 5.39. The van der Waals surface area contributed by atoms with Gasteiger partial charge in [0.15, 0.2) is 0 Å². The van der Waals surface area contributed by atoms with E-state index < -0.39 is 11.4 Å². The molecule has 0 aliphatic heterocycles. The standard InChI is InChI=1S/C14H11NO2/c15-10-4-3-6-11-5-1-2-7-12(11)14(8-9-14)13(16)17/h1-2,5,7H,4,8-9H2,(H,16,17). The third-order valence-corrected chi connectivity index (χ3v) is 2.99. The summed E-state index contributed by atoms with van der Waals surface area (Å²) in [7, 11) is 0. The number of carboxylic acids is 1. The van der Waals surface area contributed by atoms with Crippen LogP contribution in [0.4, 0.5) is 0 Å². The molecule has 0 spiro atoms. The van der Waals surface area contributed by atoms with Gasteiger partial charge in [0.2, 0.25) is 0 Å². The van der Waals surface area contributed by atoms with Crippen molar-refractivity contribution in [2.24, 2.45) is 0 Å². The second-order valence-corrected chi connectivity index (χ2v) is 4.07. The lowest BCUT2D eigenvalue weighted by molar-refractivity contribution is -0.140. The minimum Gasteiger partial charge on any atom is -0.481 e. The predicted molar refractivity (Wildman–Crippen MR) is 62.1 cm³/mol. The van der Waals surface area contributed by atoms with Crippen molar-refractivity contribution in [3.05, 3.63) is 35.4 Å². The summed E-state index contributed by atoms with van der Waals surface area (Å²) in [5, 5.41) is 17.7. The number of carboxylic acid groups (broad SMARTS) is 1. The molecule has 0 aromatic heterocycles. The average molecular weight is 225 g/mol. The third kappa shape index (κ3) is 2.00. The maximum absolute atomic E-state index is 11.3. The van der Waals surface area contributed by atoms with Crippen LogP contribution in [0.1, 0.15) is 30.4 Å². The van der Waals surface area contributed by atoms with Gasteiger partial charge in [-0.3, -0.25) is 4.79 Å². The van der Waals surface area contributed by atoms with E-state index in [1.165, 1.54) is 0 Å². The molecule has 0 amide bonds. The highest BCUT2D eigenvalue weighted by Gasteiger charge is 2.52. The van der Waals surface area contributed by atoms with Crippen LogP contribution in [-0.4, -0.2) is 11.1 Å². The molecule has 0 saturated heterocycles. The molecule has 1 aromatic carbocycles. The maximum atomic E-state index is 11.3. The molecule has 1 aliphatic carbocycles. The fourth-order valence-corrected chi connectivity index (χ4v) is 1.91. The van der Waals surface area contributed by atoms with Gasteiger partial charge in [0.1, 0.15) is 0 Å². The molecule has 0 heterocycles. The lowest BCUT2D eigenvalue weighted by Gasteiger charge is -2.11. The number of aliphatic carboxylic acids is 1. The highest BCUT2D eigenvalue weighted by molar-refractivity contribution is 5.86.